The van der Waals surface area contributed by atoms with Crippen LogP contribution in [0.3, 0.4) is 0 Å². The van der Waals surface area contributed by atoms with Gasteiger partial charge in [0.2, 0.25) is 10.0 Å². The van der Waals surface area contributed by atoms with Crippen molar-refractivity contribution in [1.29, 1.82) is 0 Å². The van der Waals surface area contributed by atoms with Crippen LogP contribution < -0.4 is 5.32 Å². The number of nitrogens with one attached hydrogen (secondary N) is 1. The summed E-state index contributed by atoms with van der Waals surface area (Å²) in [6, 6.07) is 11.7. The zero-order valence-corrected chi connectivity index (χ0v) is 17.9. The normalized spacial score (nSPS) is 16.3. The number of hydrogen-bond donors (Lipinski definition) is 1. The average Bonchev–Trinajstić information content (AvgIpc) is 3.17. The molecule has 1 aliphatic rings. The number of rotatable bonds is 5. The summed E-state index contributed by atoms with van der Waals surface area (Å²) in [4.78, 5) is 12.7. The number of carbonyl (C=O) groups is 1. The quantitative estimate of drug-likeness (QED) is 0.704. The van der Waals surface area contributed by atoms with Gasteiger partial charge in [-0.2, -0.15) is 4.31 Å². The summed E-state index contributed by atoms with van der Waals surface area (Å²) in [7, 11) is -3.70. The van der Waals surface area contributed by atoms with Crippen molar-refractivity contribution in [3.8, 4) is 0 Å². The third-order valence-electron chi connectivity index (χ3n) is 4.60. The van der Waals surface area contributed by atoms with E-state index in [2.05, 4.69) is 21.2 Å². The van der Waals surface area contributed by atoms with E-state index in [1.165, 1.54) is 22.5 Å². The van der Waals surface area contributed by atoms with Crippen LogP contribution in [0.1, 0.15) is 41.7 Å². The Kier molecular flexibility index (Phi) is 6.25. The van der Waals surface area contributed by atoms with Gasteiger partial charge >= 0.3 is 0 Å². The van der Waals surface area contributed by atoms with E-state index in [1.54, 1.807) is 0 Å². The standard InChI is InChI=1S/C19H20BrClN2O3S/c1-13(15-6-2-3-7-16(15)20)22-19(24)14-8-9-17(21)18(12-14)27(25,26)23-10-4-5-11-23/h2-3,6-9,12-13H,4-5,10-11H2,1H3,(H,22,24). The van der Waals surface area contributed by atoms with Gasteiger partial charge in [-0.05, 0) is 49.6 Å². The maximum Gasteiger partial charge on any atom is 0.251 e. The second kappa shape index (κ2) is 8.31. The molecule has 0 radical (unpaired) electrons. The monoisotopic (exact) mass is 470 g/mol. The summed E-state index contributed by atoms with van der Waals surface area (Å²) in [5, 5.41) is 3.02. The molecule has 1 heterocycles. The van der Waals surface area contributed by atoms with Crippen LogP contribution in [0, 0.1) is 0 Å². The molecular formula is C19H20BrClN2O3S. The lowest BCUT2D eigenvalue weighted by molar-refractivity contribution is 0.0939. The van der Waals surface area contributed by atoms with Crippen molar-refractivity contribution >= 4 is 43.5 Å². The fourth-order valence-corrected chi connectivity index (χ4v) is 5.74. The van der Waals surface area contributed by atoms with Crippen LogP contribution in [0.5, 0.6) is 0 Å². The van der Waals surface area contributed by atoms with Gasteiger partial charge in [0.25, 0.3) is 5.91 Å². The summed E-state index contributed by atoms with van der Waals surface area (Å²) in [6.07, 6.45) is 1.67. The lowest BCUT2D eigenvalue weighted by Gasteiger charge is -2.18. The van der Waals surface area contributed by atoms with Crippen LogP contribution in [0.25, 0.3) is 0 Å². The third-order valence-corrected chi connectivity index (χ3v) is 7.70. The van der Waals surface area contributed by atoms with E-state index >= 15 is 0 Å². The summed E-state index contributed by atoms with van der Waals surface area (Å²) in [5.41, 5.74) is 1.20. The van der Waals surface area contributed by atoms with Crippen molar-refractivity contribution in [3.05, 3.63) is 63.1 Å². The summed E-state index contributed by atoms with van der Waals surface area (Å²) in [5.74, 6) is -0.354. The van der Waals surface area contributed by atoms with Gasteiger partial charge in [-0.3, -0.25) is 4.79 Å². The molecule has 1 unspecified atom stereocenters. The average molecular weight is 472 g/mol. The first kappa shape index (κ1) is 20.3. The number of carbonyl (C=O) groups excluding carboxylic acids is 1. The fourth-order valence-electron chi connectivity index (χ4n) is 3.09. The van der Waals surface area contributed by atoms with Crippen LogP contribution in [0.2, 0.25) is 5.02 Å². The van der Waals surface area contributed by atoms with E-state index in [9.17, 15) is 13.2 Å². The van der Waals surface area contributed by atoms with Crippen molar-refractivity contribution in [2.45, 2.75) is 30.7 Å². The van der Waals surface area contributed by atoms with Crippen LogP contribution in [0.4, 0.5) is 0 Å². The second-order valence-corrected chi connectivity index (χ2v) is 9.64. The van der Waals surface area contributed by atoms with Crippen molar-refractivity contribution in [2.24, 2.45) is 0 Å². The molecule has 27 heavy (non-hydrogen) atoms. The molecule has 0 spiro atoms. The highest BCUT2D eigenvalue weighted by molar-refractivity contribution is 9.10. The zero-order valence-electron chi connectivity index (χ0n) is 14.8. The lowest BCUT2D eigenvalue weighted by atomic mass is 10.1. The predicted octanol–water partition coefficient (Wildman–Crippen LogP) is 4.38. The fraction of sp³-hybridized carbons (Fsp3) is 0.316. The van der Waals surface area contributed by atoms with E-state index in [0.29, 0.717) is 13.1 Å². The van der Waals surface area contributed by atoms with Gasteiger partial charge in [0, 0.05) is 23.1 Å². The van der Waals surface area contributed by atoms with Crippen LogP contribution in [0.15, 0.2) is 51.8 Å². The Labute approximate surface area is 172 Å². The van der Waals surface area contributed by atoms with Crippen LogP contribution in [-0.2, 0) is 10.0 Å². The molecule has 5 nitrogen and oxygen atoms in total. The molecule has 0 saturated carbocycles. The number of sulfonamides is 1. The molecule has 2 aromatic carbocycles. The molecule has 2 aromatic rings. The SMILES string of the molecule is CC(NC(=O)c1ccc(Cl)c(S(=O)(=O)N2CCCC2)c1)c1ccccc1Br. The van der Waals surface area contributed by atoms with E-state index < -0.39 is 10.0 Å². The Morgan fingerprint density at radius 3 is 2.52 bits per heavy atom. The number of nitrogens with zero attached hydrogens (tertiary/aromatic N) is 1. The maximum absolute atomic E-state index is 12.8. The van der Waals surface area contributed by atoms with Crippen LogP contribution >= 0.6 is 27.5 Å². The Hall–Kier alpha value is -1.41. The van der Waals surface area contributed by atoms with E-state index in [-0.39, 0.29) is 27.4 Å². The smallest absolute Gasteiger partial charge is 0.251 e. The molecule has 1 N–H and O–H groups in total. The molecule has 8 heteroatoms. The molecule has 1 saturated heterocycles. The first-order valence-electron chi connectivity index (χ1n) is 8.65. The third kappa shape index (κ3) is 4.37. The zero-order chi connectivity index (χ0) is 19.6. The van der Waals surface area contributed by atoms with Crippen molar-refractivity contribution in [1.82, 2.24) is 9.62 Å². The van der Waals surface area contributed by atoms with Gasteiger partial charge in [0.05, 0.1) is 11.1 Å². The lowest BCUT2D eigenvalue weighted by Crippen LogP contribution is -2.29. The van der Waals surface area contributed by atoms with Gasteiger partial charge in [-0.25, -0.2) is 8.42 Å². The Balaban J connectivity index is 1.85. The molecule has 1 amide bonds. The maximum atomic E-state index is 12.8. The van der Waals surface area contributed by atoms with Crippen molar-refractivity contribution in [2.75, 3.05) is 13.1 Å². The van der Waals surface area contributed by atoms with Crippen LogP contribution in [-0.4, -0.2) is 31.7 Å². The molecule has 0 aromatic heterocycles. The van der Waals surface area contributed by atoms with Gasteiger partial charge in [-0.1, -0.05) is 45.7 Å². The molecule has 1 atom stereocenters. The summed E-state index contributed by atoms with van der Waals surface area (Å²) >= 11 is 9.62. The number of hydrogen-bond acceptors (Lipinski definition) is 3. The Morgan fingerprint density at radius 2 is 1.85 bits per heavy atom. The molecule has 0 bridgehead atoms. The molecular weight excluding hydrogens is 452 g/mol. The largest absolute Gasteiger partial charge is 0.345 e. The van der Waals surface area contributed by atoms with Crippen molar-refractivity contribution < 1.29 is 13.2 Å². The Bertz CT molecular complexity index is 959. The van der Waals surface area contributed by atoms with E-state index in [0.717, 1.165) is 22.9 Å². The molecule has 3 rings (SSSR count). The molecule has 0 aliphatic carbocycles. The van der Waals surface area contributed by atoms with Gasteiger partial charge in [0.15, 0.2) is 0 Å². The minimum absolute atomic E-state index is 0.0211. The minimum Gasteiger partial charge on any atom is -0.345 e. The van der Waals surface area contributed by atoms with E-state index in [1.807, 2.05) is 31.2 Å². The van der Waals surface area contributed by atoms with Crippen molar-refractivity contribution in [3.63, 3.8) is 0 Å². The Morgan fingerprint density at radius 1 is 1.19 bits per heavy atom. The molecule has 1 aliphatic heterocycles. The number of halogens is 2. The minimum atomic E-state index is -3.70. The first-order valence-corrected chi connectivity index (χ1v) is 11.3. The molecule has 144 valence electrons. The topological polar surface area (TPSA) is 66.5 Å². The van der Waals surface area contributed by atoms with Gasteiger partial charge in [0.1, 0.15) is 4.90 Å². The summed E-state index contributed by atoms with van der Waals surface area (Å²) < 4.78 is 28.0. The van der Waals surface area contributed by atoms with E-state index in [4.69, 9.17) is 11.6 Å². The molecule has 1 fully saturated rings. The predicted molar refractivity (Wildman–Crippen MR) is 109 cm³/mol. The van der Waals surface area contributed by atoms with Gasteiger partial charge in [-0.15, -0.1) is 0 Å². The highest BCUT2D eigenvalue weighted by Crippen LogP contribution is 2.29. The highest BCUT2D eigenvalue weighted by atomic mass is 79.9. The second-order valence-electron chi connectivity index (χ2n) is 6.47. The number of benzene rings is 2. The summed E-state index contributed by atoms with van der Waals surface area (Å²) in [6.45, 7) is 2.83. The first-order chi connectivity index (χ1) is 12.8. The number of amides is 1. The highest BCUT2D eigenvalue weighted by Gasteiger charge is 2.30. The van der Waals surface area contributed by atoms with Gasteiger partial charge < -0.3 is 5.32 Å².